The van der Waals surface area contributed by atoms with Crippen molar-refractivity contribution in [3.63, 3.8) is 0 Å². The van der Waals surface area contributed by atoms with Crippen LogP contribution in [0.1, 0.15) is 37.9 Å². The monoisotopic (exact) mass is 391 g/mol. The molecule has 0 aliphatic carbocycles. The highest BCUT2D eigenvalue weighted by atomic mass is 16.3. The summed E-state index contributed by atoms with van der Waals surface area (Å²) in [5, 5.41) is 11.0. The molecule has 0 fully saturated rings. The van der Waals surface area contributed by atoms with Crippen LogP contribution < -0.4 is 15.2 Å². The average Bonchev–Trinajstić information content (AvgIpc) is 3.46. The molecule has 4 nitrogen and oxygen atoms in total. The Bertz CT molecular complexity index is 910. The smallest absolute Gasteiger partial charge is 0.109 e. The van der Waals surface area contributed by atoms with Gasteiger partial charge in [0.15, 0.2) is 0 Å². The third-order valence-corrected chi connectivity index (χ3v) is 5.79. The Balaban J connectivity index is 1.90. The van der Waals surface area contributed by atoms with E-state index in [2.05, 4.69) is 81.1 Å². The van der Waals surface area contributed by atoms with Crippen LogP contribution in [0.2, 0.25) is 0 Å². The predicted octanol–water partition coefficient (Wildman–Crippen LogP) is 4.11. The molecule has 3 aromatic carbocycles. The molecule has 0 saturated carbocycles. The van der Waals surface area contributed by atoms with Gasteiger partial charge in [-0.15, -0.1) is 0 Å². The molecule has 3 aromatic rings. The van der Waals surface area contributed by atoms with Gasteiger partial charge in [-0.05, 0) is 38.3 Å². The molecule has 2 atom stereocenters. The van der Waals surface area contributed by atoms with Crippen LogP contribution in [0.4, 0.5) is 11.4 Å². The van der Waals surface area contributed by atoms with Gasteiger partial charge in [-0.25, -0.2) is 0 Å². The number of anilines is 2. The highest BCUT2D eigenvalue weighted by molar-refractivity contribution is 5.85. The van der Waals surface area contributed by atoms with E-state index in [0.29, 0.717) is 6.04 Å². The van der Waals surface area contributed by atoms with Crippen molar-refractivity contribution in [3.8, 4) is 0 Å². The van der Waals surface area contributed by atoms with Crippen molar-refractivity contribution in [1.29, 1.82) is 0 Å². The molecule has 0 bridgehead atoms. The van der Waals surface area contributed by atoms with Gasteiger partial charge in [0, 0.05) is 20.1 Å². The SMILES string of the molecule is CC(C)N(C)c1c(N(C)[C@@H](C)c2ccccc2)/c1=N/[C@H](CO)Cc1ccccc1. The van der Waals surface area contributed by atoms with Crippen molar-refractivity contribution in [3.05, 3.63) is 77.1 Å². The minimum Gasteiger partial charge on any atom is -0.394 e. The van der Waals surface area contributed by atoms with E-state index in [1.807, 2.05) is 24.3 Å². The normalized spacial score (nSPS) is 14.4. The molecule has 4 heteroatoms. The molecule has 0 spiro atoms. The summed E-state index contributed by atoms with van der Waals surface area (Å²) in [5.41, 5.74) is 4.85. The summed E-state index contributed by atoms with van der Waals surface area (Å²) in [6.45, 7) is 6.64. The van der Waals surface area contributed by atoms with Crippen LogP contribution in [0.15, 0.2) is 65.7 Å². The molecule has 0 aliphatic heterocycles. The third kappa shape index (κ3) is 4.88. The van der Waals surface area contributed by atoms with E-state index in [1.54, 1.807) is 0 Å². The topological polar surface area (TPSA) is 39.1 Å². The number of hydrogen-bond donors (Lipinski definition) is 1. The summed E-state index contributed by atoms with van der Waals surface area (Å²) < 4.78 is 0. The lowest BCUT2D eigenvalue weighted by molar-refractivity contribution is 0.264. The maximum atomic E-state index is 9.96. The zero-order valence-electron chi connectivity index (χ0n) is 18.2. The molecule has 0 saturated heterocycles. The van der Waals surface area contributed by atoms with Crippen LogP contribution in [0.3, 0.4) is 0 Å². The molecule has 29 heavy (non-hydrogen) atoms. The van der Waals surface area contributed by atoms with Gasteiger partial charge in [-0.3, -0.25) is 4.99 Å². The molecule has 1 N–H and O–H groups in total. The predicted molar refractivity (Wildman–Crippen MR) is 122 cm³/mol. The quantitative estimate of drug-likeness (QED) is 0.597. The maximum Gasteiger partial charge on any atom is 0.109 e. The van der Waals surface area contributed by atoms with E-state index >= 15 is 0 Å². The summed E-state index contributed by atoms with van der Waals surface area (Å²) >= 11 is 0. The zero-order valence-corrected chi connectivity index (χ0v) is 18.2. The highest BCUT2D eigenvalue weighted by Gasteiger charge is 2.31. The van der Waals surface area contributed by atoms with Gasteiger partial charge in [0.25, 0.3) is 0 Å². The first-order valence-electron chi connectivity index (χ1n) is 10.4. The van der Waals surface area contributed by atoms with E-state index in [4.69, 9.17) is 4.99 Å². The Morgan fingerprint density at radius 3 is 1.93 bits per heavy atom. The highest BCUT2D eigenvalue weighted by Crippen LogP contribution is 2.37. The fourth-order valence-corrected chi connectivity index (χ4v) is 3.58. The Hall–Kier alpha value is -2.59. The fraction of sp³-hybridized carbons (Fsp3) is 0.400. The van der Waals surface area contributed by atoms with Gasteiger partial charge >= 0.3 is 0 Å². The van der Waals surface area contributed by atoms with Crippen molar-refractivity contribution >= 4 is 11.4 Å². The van der Waals surface area contributed by atoms with Crippen LogP contribution in [-0.4, -0.2) is 37.9 Å². The van der Waals surface area contributed by atoms with E-state index in [9.17, 15) is 5.11 Å². The van der Waals surface area contributed by atoms with E-state index in [0.717, 1.165) is 11.8 Å². The molecular formula is C25H33N3O. The fourth-order valence-electron chi connectivity index (χ4n) is 3.58. The van der Waals surface area contributed by atoms with E-state index in [-0.39, 0.29) is 18.7 Å². The van der Waals surface area contributed by atoms with Gasteiger partial charge in [-0.2, -0.15) is 0 Å². The Labute approximate surface area is 174 Å². The standard InChI is InChI=1S/C25H33N3O/c1-18(2)27(4)24-23(26-22(17-29)16-20-12-8-6-9-13-20)25(24)28(5)19(3)21-14-10-7-11-15-21/h6-15,18-19,22,29H,16-17H2,1-5H3/b26-23+/t19-,22-/m0/s1. The molecule has 0 aromatic heterocycles. The Morgan fingerprint density at radius 1 is 0.828 bits per heavy atom. The van der Waals surface area contributed by atoms with Crippen LogP contribution in [0.5, 0.6) is 0 Å². The minimum absolute atomic E-state index is 0.0439. The molecule has 0 radical (unpaired) electrons. The lowest BCUT2D eigenvalue weighted by Crippen LogP contribution is -2.25. The van der Waals surface area contributed by atoms with Crippen molar-refractivity contribution in [1.82, 2.24) is 0 Å². The number of aliphatic hydroxyl groups excluding tert-OH is 1. The van der Waals surface area contributed by atoms with Gasteiger partial charge < -0.3 is 14.9 Å². The van der Waals surface area contributed by atoms with Crippen LogP contribution in [-0.2, 0) is 6.42 Å². The summed E-state index contributed by atoms with van der Waals surface area (Å²) in [7, 11) is 4.25. The Morgan fingerprint density at radius 2 is 1.38 bits per heavy atom. The molecule has 0 heterocycles. The first-order chi connectivity index (χ1) is 13.9. The molecule has 0 aliphatic rings. The number of hydrogen-bond acceptors (Lipinski definition) is 4. The molecular weight excluding hydrogens is 358 g/mol. The van der Waals surface area contributed by atoms with Crippen molar-refractivity contribution in [2.45, 2.75) is 45.3 Å². The van der Waals surface area contributed by atoms with Crippen molar-refractivity contribution in [2.75, 3.05) is 30.5 Å². The molecule has 154 valence electrons. The molecule has 3 rings (SSSR count). The van der Waals surface area contributed by atoms with Crippen LogP contribution in [0, 0.1) is 0 Å². The van der Waals surface area contributed by atoms with Crippen molar-refractivity contribution in [2.24, 2.45) is 4.99 Å². The average molecular weight is 392 g/mol. The van der Waals surface area contributed by atoms with Gasteiger partial charge in [0.05, 0.1) is 30.1 Å². The summed E-state index contributed by atoms with van der Waals surface area (Å²) in [5.74, 6) is 0. The van der Waals surface area contributed by atoms with E-state index in [1.165, 1.54) is 22.5 Å². The number of aliphatic hydroxyl groups is 1. The second-order valence-electron chi connectivity index (χ2n) is 8.10. The number of rotatable bonds is 9. The van der Waals surface area contributed by atoms with Crippen molar-refractivity contribution < 1.29 is 5.11 Å². The Kier molecular flexibility index (Phi) is 6.75. The second-order valence-corrected chi connectivity index (χ2v) is 8.10. The third-order valence-electron chi connectivity index (χ3n) is 5.79. The van der Waals surface area contributed by atoms with E-state index < -0.39 is 0 Å². The van der Waals surface area contributed by atoms with Crippen LogP contribution in [0.25, 0.3) is 0 Å². The lowest BCUT2D eigenvalue weighted by atomic mass is 10.1. The van der Waals surface area contributed by atoms with Gasteiger partial charge in [0.2, 0.25) is 0 Å². The van der Waals surface area contributed by atoms with Gasteiger partial charge in [-0.1, -0.05) is 60.7 Å². The largest absolute Gasteiger partial charge is 0.394 e. The second kappa shape index (κ2) is 9.27. The maximum absolute atomic E-state index is 9.96. The summed E-state index contributed by atoms with van der Waals surface area (Å²) in [6.07, 6.45) is 0.741. The molecule has 0 unspecified atom stereocenters. The number of benzene rings is 2. The first kappa shape index (κ1) is 21.1. The van der Waals surface area contributed by atoms with Crippen LogP contribution >= 0.6 is 0 Å². The lowest BCUT2D eigenvalue weighted by Gasteiger charge is -2.26. The first-order valence-corrected chi connectivity index (χ1v) is 10.4. The summed E-state index contributed by atoms with van der Waals surface area (Å²) in [4.78, 5) is 9.56. The number of nitrogens with zero attached hydrogens (tertiary/aromatic N) is 3. The summed E-state index contributed by atoms with van der Waals surface area (Å²) in [6, 6.07) is 21.3. The van der Waals surface area contributed by atoms with Gasteiger partial charge in [0.1, 0.15) is 5.36 Å². The minimum atomic E-state index is -0.138. The molecule has 0 amide bonds. The zero-order chi connectivity index (χ0) is 21.0.